The zero-order chi connectivity index (χ0) is 13.6. The van der Waals surface area contributed by atoms with E-state index in [0.717, 1.165) is 0 Å². The van der Waals surface area contributed by atoms with Crippen LogP contribution in [0.25, 0.3) is 0 Å². The molecule has 2 N–H and O–H groups in total. The normalized spacial score (nSPS) is 11.1. The second kappa shape index (κ2) is 6.48. The lowest BCUT2D eigenvalue weighted by molar-refractivity contribution is -0.0327. The lowest BCUT2D eigenvalue weighted by Gasteiger charge is -2.08. The van der Waals surface area contributed by atoms with Crippen LogP contribution in [0.15, 0.2) is 18.3 Å². The number of alkyl halides is 3. The van der Waals surface area contributed by atoms with Crippen LogP contribution in [-0.2, 0) is 0 Å². The second-order valence-corrected chi connectivity index (χ2v) is 4.39. The molecule has 1 aromatic rings. The number of thioether (sulfide) groups is 1. The summed E-state index contributed by atoms with van der Waals surface area (Å²) in [7, 11) is 1.48. The van der Waals surface area contributed by atoms with Crippen molar-refractivity contribution in [2.45, 2.75) is 5.51 Å². The highest BCUT2D eigenvalue weighted by molar-refractivity contribution is 8.00. The first kappa shape index (κ1) is 14.6. The number of rotatable bonds is 5. The Morgan fingerprint density at radius 3 is 2.83 bits per heavy atom. The summed E-state index contributed by atoms with van der Waals surface area (Å²) in [5.41, 5.74) is -3.44. The molecule has 1 amide bonds. The molecule has 0 atom stereocenters. The molecule has 0 unspecified atom stereocenters. The zero-order valence-corrected chi connectivity index (χ0v) is 10.4. The maximum Gasteiger partial charge on any atom is 0.441 e. The quantitative estimate of drug-likeness (QED) is 0.811. The fourth-order valence-corrected chi connectivity index (χ4v) is 1.59. The van der Waals surface area contributed by atoms with E-state index >= 15 is 0 Å². The van der Waals surface area contributed by atoms with Gasteiger partial charge in [-0.25, -0.2) is 0 Å². The fourth-order valence-electron chi connectivity index (χ4n) is 1.15. The molecular formula is C10H12F3N3OS. The van der Waals surface area contributed by atoms with Crippen molar-refractivity contribution in [3.63, 3.8) is 0 Å². The third-order valence-electron chi connectivity index (χ3n) is 1.92. The minimum absolute atomic E-state index is 0.0896. The summed E-state index contributed by atoms with van der Waals surface area (Å²) in [6.45, 7) is 0.154. The monoisotopic (exact) mass is 279 g/mol. The zero-order valence-electron chi connectivity index (χ0n) is 9.54. The van der Waals surface area contributed by atoms with Gasteiger partial charge in [0.2, 0.25) is 0 Å². The summed E-state index contributed by atoms with van der Waals surface area (Å²) in [5.74, 6) is -0.440. The van der Waals surface area contributed by atoms with Crippen molar-refractivity contribution >= 4 is 23.4 Å². The highest BCUT2D eigenvalue weighted by atomic mass is 32.2. The Morgan fingerprint density at radius 1 is 1.50 bits per heavy atom. The van der Waals surface area contributed by atoms with Gasteiger partial charge in [-0.15, -0.1) is 0 Å². The van der Waals surface area contributed by atoms with E-state index < -0.39 is 5.51 Å². The van der Waals surface area contributed by atoms with Gasteiger partial charge in [-0.3, -0.25) is 9.78 Å². The third kappa shape index (κ3) is 5.26. The number of amides is 1. The molecule has 0 fully saturated rings. The molecule has 1 aromatic heterocycles. The van der Waals surface area contributed by atoms with Crippen LogP contribution >= 0.6 is 11.8 Å². The highest BCUT2D eigenvalue weighted by Crippen LogP contribution is 2.29. The number of nitrogens with zero attached hydrogens (tertiary/aromatic N) is 1. The van der Waals surface area contributed by atoms with Gasteiger partial charge in [0.25, 0.3) is 5.91 Å². The Bertz CT molecular complexity index is 412. The molecule has 0 radical (unpaired) electrons. The topological polar surface area (TPSA) is 54.0 Å². The Balaban J connectivity index is 2.45. The number of halogens is 3. The van der Waals surface area contributed by atoms with Crippen molar-refractivity contribution < 1.29 is 18.0 Å². The molecule has 1 heterocycles. The number of hydrogen-bond donors (Lipinski definition) is 2. The van der Waals surface area contributed by atoms with Crippen LogP contribution in [0, 0.1) is 0 Å². The van der Waals surface area contributed by atoms with Crippen molar-refractivity contribution in [3.8, 4) is 0 Å². The Hall–Kier alpha value is -1.44. The van der Waals surface area contributed by atoms with Crippen LogP contribution < -0.4 is 10.6 Å². The highest BCUT2D eigenvalue weighted by Gasteiger charge is 2.27. The first-order chi connectivity index (χ1) is 8.42. The summed E-state index contributed by atoms with van der Waals surface area (Å²) in [4.78, 5) is 15.1. The lowest BCUT2D eigenvalue weighted by atomic mass is 10.3. The van der Waals surface area contributed by atoms with Gasteiger partial charge in [0.15, 0.2) is 0 Å². The van der Waals surface area contributed by atoms with Gasteiger partial charge in [0.1, 0.15) is 5.69 Å². The van der Waals surface area contributed by atoms with Crippen LogP contribution in [0.1, 0.15) is 10.5 Å². The summed E-state index contributed by atoms with van der Waals surface area (Å²) in [6.07, 6.45) is 1.42. The number of hydrogen-bond acceptors (Lipinski definition) is 4. The molecule has 8 heteroatoms. The third-order valence-corrected chi connectivity index (χ3v) is 2.65. The molecule has 0 saturated heterocycles. The molecule has 1 rings (SSSR count). The molecule has 0 spiro atoms. The average Bonchev–Trinajstić information content (AvgIpc) is 2.33. The second-order valence-electron chi connectivity index (χ2n) is 3.23. The van der Waals surface area contributed by atoms with Gasteiger partial charge in [0.05, 0.1) is 0 Å². The van der Waals surface area contributed by atoms with Crippen LogP contribution in [0.2, 0.25) is 0 Å². The van der Waals surface area contributed by atoms with E-state index in [1.807, 2.05) is 0 Å². The van der Waals surface area contributed by atoms with Gasteiger partial charge < -0.3 is 10.6 Å². The summed E-state index contributed by atoms with van der Waals surface area (Å²) < 4.78 is 35.6. The molecule has 0 aliphatic heterocycles. The van der Waals surface area contributed by atoms with E-state index in [9.17, 15) is 18.0 Å². The average molecular weight is 279 g/mol. The van der Waals surface area contributed by atoms with Gasteiger partial charge in [-0.1, -0.05) is 0 Å². The van der Waals surface area contributed by atoms with E-state index in [1.54, 1.807) is 6.07 Å². The standard InChI is InChI=1S/C10H12F3N3OS/c1-14-9(17)8-6-7(2-3-16-8)15-4-5-18-10(11,12)13/h2-3,6H,4-5H2,1H3,(H,14,17)(H,15,16). The first-order valence-electron chi connectivity index (χ1n) is 5.05. The van der Waals surface area contributed by atoms with Crippen molar-refractivity contribution in [1.82, 2.24) is 10.3 Å². The SMILES string of the molecule is CNC(=O)c1cc(NCCSC(F)(F)F)ccn1. The Labute approximate surface area is 106 Å². The first-order valence-corrected chi connectivity index (χ1v) is 6.03. The van der Waals surface area contributed by atoms with Crippen molar-refractivity contribution in [3.05, 3.63) is 24.0 Å². The molecular weight excluding hydrogens is 267 g/mol. The number of nitrogens with one attached hydrogen (secondary N) is 2. The van der Waals surface area contributed by atoms with Crippen LogP contribution in [0.3, 0.4) is 0 Å². The number of pyridine rings is 1. The van der Waals surface area contributed by atoms with Gasteiger partial charge in [-0.2, -0.15) is 13.2 Å². The molecule has 0 bridgehead atoms. The molecule has 0 aliphatic carbocycles. The molecule has 0 saturated carbocycles. The predicted octanol–water partition coefficient (Wildman–Crippen LogP) is 2.11. The Kier molecular flexibility index (Phi) is 5.26. The van der Waals surface area contributed by atoms with E-state index in [2.05, 4.69) is 15.6 Å². The number of anilines is 1. The van der Waals surface area contributed by atoms with Crippen LogP contribution in [0.4, 0.5) is 18.9 Å². The van der Waals surface area contributed by atoms with Crippen molar-refractivity contribution in [1.29, 1.82) is 0 Å². The summed E-state index contributed by atoms with van der Waals surface area (Å²) >= 11 is -0.0896. The fraction of sp³-hybridized carbons (Fsp3) is 0.400. The number of aromatic nitrogens is 1. The molecule has 18 heavy (non-hydrogen) atoms. The van der Waals surface area contributed by atoms with E-state index in [1.165, 1.54) is 19.3 Å². The van der Waals surface area contributed by atoms with E-state index in [0.29, 0.717) is 5.69 Å². The van der Waals surface area contributed by atoms with E-state index in [-0.39, 0.29) is 35.7 Å². The number of carbonyl (C=O) groups is 1. The lowest BCUT2D eigenvalue weighted by Crippen LogP contribution is -2.19. The molecule has 0 aliphatic rings. The van der Waals surface area contributed by atoms with Crippen LogP contribution in [0.5, 0.6) is 0 Å². The Morgan fingerprint density at radius 2 is 2.22 bits per heavy atom. The summed E-state index contributed by atoms with van der Waals surface area (Å²) in [6, 6.07) is 3.07. The predicted molar refractivity (Wildman–Crippen MR) is 64.6 cm³/mol. The molecule has 4 nitrogen and oxygen atoms in total. The van der Waals surface area contributed by atoms with E-state index in [4.69, 9.17) is 0 Å². The minimum atomic E-state index is -4.22. The molecule has 100 valence electrons. The maximum atomic E-state index is 11.9. The van der Waals surface area contributed by atoms with Gasteiger partial charge in [-0.05, 0) is 23.9 Å². The largest absolute Gasteiger partial charge is 0.441 e. The summed E-state index contributed by atoms with van der Waals surface area (Å²) in [5, 5.41) is 5.21. The minimum Gasteiger partial charge on any atom is -0.384 e. The van der Waals surface area contributed by atoms with Gasteiger partial charge in [0, 0.05) is 31.2 Å². The van der Waals surface area contributed by atoms with Crippen molar-refractivity contribution in [2.24, 2.45) is 0 Å². The smallest absolute Gasteiger partial charge is 0.384 e. The van der Waals surface area contributed by atoms with Gasteiger partial charge >= 0.3 is 5.51 Å². The maximum absolute atomic E-state index is 11.9. The number of carbonyl (C=O) groups excluding carboxylic acids is 1. The van der Waals surface area contributed by atoms with Crippen molar-refractivity contribution in [2.75, 3.05) is 24.7 Å². The van der Waals surface area contributed by atoms with Crippen LogP contribution in [-0.4, -0.2) is 35.7 Å². The molecule has 0 aromatic carbocycles.